The molecule has 3 rings (SSSR count). The molecule has 34 heavy (non-hydrogen) atoms. The van der Waals surface area contributed by atoms with Crippen LogP contribution in [0.5, 0.6) is 11.5 Å². The predicted molar refractivity (Wildman–Crippen MR) is 137 cm³/mol. The summed E-state index contributed by atoms with van der Waals surface area (Å²) in [5.74, 6) is 1.35. The zero-order valence-electron chi connectivity index (χ0n) is 19.9. The number of nitrogens with one attached hydrogen (secondary N) is 3. The molecule has 0 aromatic heterocycles. The topological polar surface area (TPSA) is 82.7 Å². The van der Waals surface area contributed by atoms with Crippen LogP contribution < -0.4 is 20.7 Å². The molecule has 7 nitrogen and oxygen atoms in total. The highest BCUT2D eigenvalue weighted by molar-refractivity contribution is 6.00. The highest BCUT2D eigenvalue weighted by Gasteiger charge is 2.09. The molecule has 0 unspecified atom stereocenters. The van der Waals surface area contributed by atoms with Crippen molar-refractivity contribution in [2.24, 2.45) is 0 Å². The Morgan fingerprint density at radius 2 is 1.50 bits per heavy atom. The number of carbonyl (C=O) groups excluding carboxylic acids is 2. The summed E-state index contributed by atoms with van der Waals surface area (Å²) in [6.07, 6.45) is 0. The maximum absolute atomic E-state index is 12.4. The van der Waals surface area contributed by atoms with Gasteiger partial charge in [-0.3, -0.25) is 4.79 Å². The van der Waals surface area contributed by atoms with Gasteiger partial charge in [-0.2, -0.15) is 0 Å². The lowest BCUT2D eigenvalue weighted by molar-refractivity contribution is 0.0949. The van der Waals surface area contributed by atoms with Crippen molar-refractivity contribution in [1.82, 2.24) is 10.2 Å². The second-order valence-corrected chi connectivity index (χ2v) is 7.83. The predicted octanol–water partition coefficient (Wildman–Crippen LogP) is 5.50. The SMILES string of the molecule is CCN(CC)CCNC(=O)c1ccc(NC(=O)Nc2ccc(Oc3ccccc3)c(C)c2)cc1. The van der Waals surface area contributed by atoms with Gasteiger partial charge in [0, 0.05) is 30.0 Å². The van der Waals surface area contributed by atoms with E-state index in [9.17, 15) is 9.59 Å². The van der Waals surface area contributed by atoms with Gasteiger partial charge in [0.25, 0.3) is 5.91 Å². The highest BCUT2D eigenvalue weighted by atomic mass is 16.5. The van der Waals surface area contributed by atoms with Crippen molar-refractivity contribution in [3.63, 3.8) is 0 Å². The maximum Gasteiger partial charge on any atom is 0.323 e. The van der Waals surface area contributed by atoms with E-state index in [-0.39, 0.29) is 11.9 Å². The molecular formula is C27H32N4O3. The third kappa shape index (κ3) is 7.35. The van der Waals surface area contributed by atoms with Gasteiger partial charge in [0.2, 0.25) is 0 Å². The van der Waals surface area contributed by atoms with E-state index in [0.29, 0.717) is 23.5 Å². The molecule has 0 aliphatic rings. The Bertz CT molecular complexity index is 1080. The Hall–Kier alpha value is -3.84. The third-order valence-electron chi connectivity index (χ3n) is 5.42. The van der Waals surface area contributed by atoms with Crippen molar-refractivity contribution in [2.45, 2.75) is 20.8 Å². The van der Waals surface area contributed by atoms with E-state index in [1.54, 1.807) is 30.3 Å². The van der Waals surface area contributed by atoms with Crippen LogP contribution in [0.4, 0.5) is 16.2 Å². The minimum absolute atomic E-state index is 0.128. The summed E-state index contributed by atoms with van der Waals surface area (Å²) in [5.41, 5.74) is 2.70. The van der Waals surface area contributed by atoms with E-state index < -0.39 is 0 Å². The van der Waals surface area contributed by atoms with Crippen LogP contribution in [0.1, 0.15) is 29.8 Å². The van der Waals surface area contributed by atoms with Crippen molar-refractivity contribution < 1.29 is 14.3 Å². The fraction of sp³-hybridized carbons (Fsp3) is 0.259. The molecule has 0 radical (unpaired) electrons. The van der Waals surface area contributed by atoms with E-state index in [2.05, 4.69) is 34.7 Å². The van der Waals surface area contributed by atoms with Gasteiger partial charge in [-0.15, -0.1) is 0 Å². The van der Waals surface area contributed by atoms with Crippen LogP contribution in [-0.4, -0.2) is 43.0 Å². The van der Waals surface area contributed by atoms with Gasteiger partial charge in [-0.25, -0.2) is 4.79 Å². The molecule has 3 amide bonds. The summed E-state index contributed by atoms with van der Waals surface area (Å²) < 4.78 is 5.88. The summed E-state index contributed by atoms with van der Waals surface area (Å²) in [6, 6.07) is 21.4. The van der Waals surface area contributed by atoms with Crippen molar-refractivity contribution in [3.05, 3.63) is 83.9 Å². The number of amides is 3. The Morgan fingerprint density at radius 1 is 0.853 bits per heavy atom. The average molecular weight is 461 g/mol. The molecular weight excluding hydrogens is 428 g/mol. The molecule has 178 valence electrons. The summed E-state index contributed by atoms with van der Waals surface area (Å²) in [6.45, 7) is 9.45. The first-order valence-electron chi connectivity index (χ1n) is 11.5. The maximum atomic E-state index is 12.4. The minimum Gasteiger partial charge on any atom is -0.457 e. The Kier molecular flexibility index (Phi) is 9.05. The van der Waals surface area contributed by atoms with E-state index >= 15 is 0 Å². The molecule has 7 heteroatoms. The summed E-state index contributed by atoms with van der Waals surface area (Å²) in [7, 11) is 0. The van der Waals surface area contributed by atoms with Crippen LogP contribution in [0.2, 0.25) is 0 Å². The average Bonchev–Trinajstić information content (AvgIpc) is 2.84. The molecule has 0 fully saturated rings. The second-order valence-electron chi connectivity index (χ2n) is 7.83. The number of para-hydroxylation sites is 1. The van der Waals surface area contributed by atoms with E-state index in [1.807, 2.05) is 49.4 Å². The van der Waals surface area contributed by atoms with Gasteiger partial charge >= 0.3 is 6.03 Å². The molecule has 0 aliphatic carbocycles. The molecule has 0 saturated heterocycles. The molecule has 3 N–H and O–H groups in total. The first-order chi connectivity index (χ1) is 16.5. The van der Waals surface area contributed by atoms with Crippen LogP contribution in [0.3, 0.4) is 0 Å². The highest BCUT2D eigenvalue weighted by Crippen LogP contribution is 2.27. The molecule has 3 aromatic carbocycles. The quantitative estimate of drug-likeness (QED) is 0.373. The lowest BCUT2D eigenvalue weighted by Crippen LogP contribution is -2.34. The van der Waals surface area contributed by atoms with Gasteiger partial charge in [0.1, 0.15) is 11.5 Å². The summed E-state index contributed by atoms with van der Waals surface area (Å²) in [4.78, 5) is 27.0. The van der Waals surface area contributed by atoms with Crippen molar-refractivity contribution >= 4 is 23.3 Å². The summed E-state index contributed by atoms with van der Waals surface area (Å²) >= 11 is 0. The van der Waals surface area contributed by atoms with Gasteiger partial charge in [0.15, 0.2) is 0 Å². The van der Waals surface area contributed by atoms with E-state index in [4.69, 9.17) is 4.74 Å². The Labute approximate surface area is 201 Å². The molecule has 0 heterocycles. The van der Waals surface area contributed by atoms with E-state index in [0.717, 1.165) is 36.7 Å². The van der Waals surface area contributed by atoms with Crippen LogP contribution in [0.25, 0.3) is 0 Å². The van der Waals surface area contributed by atoms with Crippen molar-refractivity contribution in [1.29, 1.82) is 0 Å². The van der Waals surface area contributed by atoms with Crippen LogP contribution in [0.15, 0.2) is 72.8 Å². The Balaban J connectivity index is 1.50. The van der Waals surface area contributed by atoms with Crippen molar-refractivity contribution in [3.8, 4) is 11.5 Å². The monoisotopic (exact) mass is 460 g/mol. The number of benzene rings is 3. The number of hydrogen-bond acceptors (Lipinski definition) is 4. The zero-order valence-corrected chi connectivity index (χ0v) is 19.9. The number of urea groups is 1. The number of ether oxygens (including phenoxy) is 1. The number of rotatable bonds is 10. The zero-order chi connectivity index (χ0) is 24.3. The van der Waals surface area contributed by atoms with Crippen molar-refractivity contribution in [2.75, 3.05) is 36.8 Å². The molecule has 0 bridgehead atoms. The van der Waals surface area contributed by atoms with Gasteiger partial charge in [-0.05, 0) is 80.2 Å². The molecule has 0 aliphatic heterocycles. The van der Waals surface area contributed by atoms with Gasteiger partial charge in [-0.1, -0.05) is 32.0 Å². The minimum atomic E-state index is -0.368. The number of likely N-dealkylation sites (N-methyl/N-ethyl adjacent to an activating group) is 1. The number of nitrogens with zero attached hydrogens (tertiary/aromatic N) is 1. The number of hydrogen-bond donors (Lipinski definition) is 3. The lowest BCUT2D eigenvalue weighted by atomic mass is 10.2. The van der Waals surface area contributed by atoms with E-state index in [1.165, 1.54) is 0 Å². The molecule has 0 spiro atoms. The van der Waals surface area contributed by atoms with Crippen LogP contribution in [0, 0.1) is 6.92 Å². The smallest absolute Gasteiger partial charge is 0.323 e. The van der Waals surface area contributed by atoms with Crippen LogP contribution in [-0.2, 0) is 0 Å². The second kappa shape index (κ2) is 12.4. The standard InChI is InChI=1S/C27H32N4O3/c1-4-31(5-2)18-17-28-26(32)21-11-13-22(14-12-21)29-27(33)30-23-15-16-25(20(3)19-23)34-24-9-7-6-8-10-24/h6-16,19H,4-5,17-18H2,1-3H3,(H,28,32)(H2,29,30,33). The number of carbonyl (C=O) groups is 2. The Morgan fingerprint density at radius 3 is 2.15 bits per heavy atom. The number of anilines is 2. The molecule has 0 atom stereocenters. The normalized spacial score (nSPS) is 10.6. The third-order valence-corrected chi connectivity index (χ3v) is 5.42. The first-order valence-corrected chi connectivity index (χ1v) is 11.5. The fourth-order valence-corrected chi connectivity index (χ4v) is 3.42. The largest absolute Gasteiger partial charge is 0.457 e. The lowest BCUT2D eigenvalue weighted by Gasteiger charge is -2.18. The molecule has 3 aromatic rings. The number of aryl methyl sites for hydroxylation is 1. The van der Waals surface area contributed by atoms with Gasteiger partial charge in [0.05, 0.1) is 0 Å². The first kappa shape index (κ1) is 24.8. The van der Waals surface area contributed by atoms with Gasteiger partial charge < -0.3 is 25.6 Å². The van der Waals surface area contributed by atoms with Crippen LogP contribution >= 0.6 is 0 Å². The molecule has 0 saturated carbocycles. The summed E-state index contributed by atoms with van der Waals surface area (Å²) in [5, 5.41) is 8.53. The fourth-order valence-electron chi connectivity index (χ4n) is 3.42.